The molecule has 2 aliphatic rings. The Balaban J connectivity index is 1.24. The highest BCUT2D eigenvalue weighted by atomic mass is 35.5. The number of carbonyl (C=O) groups is 1. The number of benzene rings is 3. The van der Waals surface area contributed by atoms with E-state index in [1.54, 1.807) is 17.0 Å². The fraction of sp³-hybridized carbons (Fsp3) is 0.296. The summed E-state index contributed by atoms with van der Waals surface area (Å²) >= 11 is 6.18. The Morgan fingerprint density at radius 3 is 2.44 bits per heavy atom. The first kappa shape index (κ1) is 26.9. The number of sulfonamides is 1. The number of fused-ring (bicyclic) bond motifs is 1. The highest BCUT2D eigenvalue weighted by Gasteiger charge is 2.25. The minimum Gasteiger partial charge on any atom is -0.495 e. The fourth-order valence-corrected chi connectivity index (χ4v) is 5.88. The molecule has 1 saturated heterocycles. The van der Waals surface area contributed by atoms with Crippen LogP contribution in [0.15, 0.2) is 59.5 Å². The zero-order valence-electron chi connectivity index (χ0n) is 21.5. The van der Waals surface area contributed by atoms with Crippen molar-refractivity contribution in [1.29, 1.82) is 0 Å². The van der Waals surface area contributed by atoms with Crippen LogP contribution in [0, 0.1) is 0 Å². The minimum atomic E-state index is -4.04. The van der Waals surface area contributed by atoms with Crippen LogP contribution in [0.2, 0.25) is 5.02 Å². The molecule has 5 rings (SSSR count). The molecule has 0 aromatic heterocycles. The summed E-state index contributed by atoms with van der Waals surface area (Å²) in [6.07, 6.45) is 0. The van der Waals surface area contributed by atoms with Gasteiger partial charge in [0.1, 0.15) is 11.5 Å². The summed E-state index contributed by atoms with van der Waals surface area (Å²) in [7, 11) is -1.18. The monoisotopic (exact) mass is 573 g/mol. The molecule has 0 unspecified atom stereocenters. The van der Waals surface area contributed by atoms with Gasteiger partial charge in [-0.15, -0.1) is 0 Å². The number of hydrogen-bond donors (Lipinski definition) is 1. The highest BCUT2D eigenvalue weighted by Crippen LogP contribution is 2.37. The van der Waals surface area contributed by atoms with Crippen molar-refractivity contribution >= 4 is 33.2 Å². The van der Waals surface area contributed by atoms with E-state index in [-0.39, 0.29) is 34.1 Å². The molecule has 1 N–H and O–H groups in total. The third-order valence-electron chi connectivity index (χ3n) is 6.61. The molecule has 1 fully saturated rings. The van der Waals surface area contributed by atoms with Gasteiger partial charge in [0.05, 0.1) is 29.8 Å². The van der Waals surface area contributed by atoms with Gasteiger partial charge >= 0.3 is 0 Å². The number of anilines is 1. The van der Waals surface area contributed by atoms with Crippen LogP contribution < -0.4 is 23.7 Å². The number of hydrogen-bond acceptors (Lipinski definition) is 8. The largest absolute Gasteiger partial charge is 0.495 e. The number of piperazine rings is 1. The Bertz CT molecular complexity index is 1490. The number of ether oxygens (including phenoxy) is 4. The molecule has 0 radical (unpaired) electrons. The number of amides is 1. The predicted molar refractivity (Wildman–Crippen MR) is 146 cm³/mol. The standard InChI is InChI=1S/C27H28ClN3O7S/c1-35-24-15-25(36-2)22(14-21(24)28)29-39(33,34)20-5-3-4-19(13-20)27(32)31-10-8-30(9-11-31)16-18-6-7-23-26(12-18)38-17-37-23/h3-7,12-15,29H,8-11,16-17H2,1-2H3. The molecule has 0 bridgehead atoms. The van der Waals surface area contributed by atoms with Crippen LogP contribution in [0.3, 0.4) is 0 Å². The number of nitrogens with one attached hydrogen (secondary N) is 1. The van der Waals surface area contributed by atoms with E-state index in [1.165, 1.54) is 38.5 Å². The second-order valence-electron chi connectivity index (χ2n) is 9.08. The molecule has 2 heterocycles. The molecule has 0 spiro atoms. The van der Waals surface area contributed by atoms with E-state index in [0.717, 1.165) is 23.6 Å². The SMILES string of the molecule is COc1cc(OC)c(NS(=O)(=O)c2cccc(C(=O)N3CCN(Cc4ccc5c(c4)OCO5)CC3)c2)cc1Cl. The highest BCUT2D eigenvalue weighted by molar-refractivity contribution is 7.92. The van der Waals surface area contributed by atoms with E-state index in [0.29, 0.717) is 37.5 Å². The van der Waals surface area contributed by atoms with Crippen LogP contribution in [0.1, 0.15) is 15.9 Å². The van der Waals surface area contributed by atoms with Crippen molar-refractivity contribution < 1.29 is 32.2 Å². The molecule has 1 amide bonds. The Labute approximate surface area is 232 Å². The molecule has 39 heavy (non-hydrogen) atoms. The summed E-state index contributed by atoms with van der Waals surface area (Å²) in [4.78, 5) is 17.2. The van der Waals surface area contributed by atoms with Crippen LogP contribution in [0.5, 0.6) is 23.0 Å². The van der Waals surface area contributed by atoms with Gasteiger partial charge in [0.2, 0.25) is 6.79 Å². The number of rotatable bonds is 8. The van der Waals surface area contributed by atoms with Crippen molar-refractivity contribution in [2.24, 2.45) is 0 Å². The van der Waals surface area contributed by atoms with Gasteiger partial charge in [-0.2, -0.15) is 0 Å². The Hall–Kier alpha value is -3.67. The first-order valence-corrected chi connectivity index (χ1v) is 14.1. The van der Waals surface area contributed by atoms with Crippen molar-refractivity contribution in [1.82, 2.24) is 9.80 Å². The average molecular weight is 574 g/mol. The summed E-state index contributed by atoms with van der Waals surface area (Å²) in [6, 6.07) is 14.8. The van der Waals surface area contributed by atoms with E-state index in [4.69, 9.17) is 30.5 Å². The van der Waals surface area contributed by atoms with Gasteiger partial charge in [-0.1, -0.05) is 23.7 Å². The Kier molecular flexibility index (Phi) is 7.74. The zero-order chi connectivity index (χ0) is 27.6. The smallest absolute Gasteiger partial charge is 0.262 e. The molecular weight excluding hydrogens is 546 g/mol. The lowest BCUT2D eigenvalue weighted by atomic mass is 10.1. The van der Waals surface area contributed by atoms with E-state index >= 15 is 0 Å². The molecule has 3 aromatic carbocycles. The van der Waals surface area contributed by atoms with Gasteiger partial charge in [0, 0.05) is 44.4 Å². The molecule has 0 saturated carbocycles. The van der Waals surface area contributed by atoms with Crippen LogP contribution in [-0.2, 0) is 16.6 Å². The number of halogens is 1. The maximum atomic E-state index is 13.3. The summed E-state index contributed by atoms with van der Waals surface area (Å²) in [5.41, 5.74) is 1.56. The van der Waals surface area contributed by atoms with E-state index < -0.39 is 10.0 Å². The normalized spacial score (nSPS) is 15.2. The average Bonchev–Trinajstić information content (AvgIpc) is 3.41. The topological polar surface area (TPSA) is 107 Å². The van der Waals surface area contributed by atoms with E-state index in [2.05, 4.69) is 9.62 Å². The van der Waals surface area contributed by atoms with Gasteiger partial charge in [-0.05, 0) is 42.0 Å². The van der Waals surface area contributed by atoms with Gasteiger partial charge in [-0.3, -0.25) is 14.4 Å². The number of carbonyl (C=O) groups excluding carboxylic acids is 1. The van der Waals surface area contributed by atoms with Gasteiger partial charge in [0.25, 0.3) is 15.9 Å². The van der Waals surface area contributed by atoms with Gasteiger partial charge in [0.15, 0.2) is 11.5 Å². The maximum absolute atomic E-state index is 13.3. The fourth-order valence-electron chi connectivity index (χ4n) is 4.53. The molecule has 3 aromatic rings. The summed E-state index contributed by atoms with van der Waals surface area (Å²) < 4.78 is 50.2. The molecular formula is C27H28ClN3O7S. The van der Waals surface area contributed by atoms with E-state index in [9.17, 15) is 13.2 Å². The molecule has 206 valence electrons. The third kappa shape index (κ3) is 5.85. The molecule has 0 atom stereocenters. The lowest BCUT2D eigenvalue weighted by Gasteiger charge is -2.34. The second-order valence-corrected chi connectivity index (χ2v) is 11.2. The van der Waals surface area contributed by atoms with Crippen LogP contribution >= 0.6 is 11.6 Å². The van der Waals surface area contributed by atoms with Crippen LogP contribution in [-0.4, -0.2) is 71.3 Å². The zero-order valence-corrected chi connectivity index (χ0v) is 23.0. The summed E-state index contributed by atoms with van der Waals surface area (Å²) in [5.74, 6) is 1.87. The number of methoxy groups -OCH3 is 2. The van der Waals surface area contributed by atoms with Crippen molar-refractivity contribution in [3.63, 3.8) is 0 Å². The minimum absolute atomic E-state index is 0.0520. The molecule has 2 aliphatic heterocycles. The summed E-state index contributed by atoms with van der Waals surface area (Å²) in [5, 5.41) is 0.220. The second kappa shape index (κ2) is 11.2. The quantitative estimate of drug-likeness (QED) is 0.433. The third-order valence-corrected chi connectivity index (χ3v) is 8.27. The Morgan fingerprint density at radius 1 is 0.949 bits per heavy atom. The van der Waals surface area contributed by atoms with Crippen molar-refractivity contribution in [2.75, 3.05) is 51.9 Å². The van der Waals surface area contributed by atoms with Gasteiger partial charge in [-0.25, -0.2) is 8.42 Å². The van der Waals surface area contributed by atoms with Crippen molar-refractivity contribution in [3.05, 3.63) is 70.7 Å². The van der Waals surface area contributed by atoms with Gasteiger partial charge < -0.3 is 23.8 Å². The van der Waals surface area contributed by atoms with Crippen LogP contribution in [0.4, 0.5) is 5.69 Å². The predicted octanol–water partition coefficient (Wildman–Crippen LogP) is 3.84. The maximum Gasteiger partial charge on any atom is 0.262 e. The summed E-state index contributed by atoms with van der Waals surface area (Å²) in [6.45, 7) is 3.41. The molecule has 0 aliphatic carbocycles. The van der Waals surface area contributed by atoms with Crippen molar-refractivity contribution in [3.8, 4) is 23.0 Å². The first-order chi connectivity index (χ1) is 18.8. The first-order valence-electron chi connectivity index (χ1n) is 12.2. The van der Waals surface area contributed by atoms with E-state index in [1.807, 2.05) is 18.2 Å². The van der Waals surface area contributed by atoms with Crippen LogP contribution in [0.25, 0.3) is 0 Å². The van der Waals surface area contributed by atoms with Crippen molar-refractivity contribution in [2.45, 2.75) is 11.4 Å². The number of nitrogens with zero attached hydrogens (tertiary/aromatic N) is 2. The molecule has 12 heteroatoms. The lowest BCUT2D eigenvalue weighted by Crippen LogP contribution is -2.48. The molecule has 10 nitrogen and oxygen atoms in total. The lowest BCUT2D eigenvalue weighted by molar-refractivity contribution is 0.0628. The Morgan fingerprint density at radius 2 is 1.69 bits per heavy atom.